The number of likely N-dealkylation sites (tertiary alicyclic amines) is 1. The summed E-state index contributed by atoms with van der Waals surface area (Å²) in [6.45, 7) is 1.83. The molecule has 1 N–H and O–H groups in total. The molecule has 1 saturated heterocycles. The molecule has 0 bridgehead atoms. The highest BCUT2D eigenvalue weighted by Gasteiger charge is 2.24. The predicted molar refractivity (Wildman–Crippen MR) is 104 cm³/mol. The zero-order valence-corrected chi connectivity index (χ0v) is 16.3. The summed E-state index contributed by atoms with van der Waals surface area (Å²) in [6, 6.07) is 5.69. The minimum absolute atomic E-state index is 0.0557. The van der Waals surface area contributed by atoms with E-state index in [0.29, 0.717) is 43.4 Å². The second-order valence-electron chi connectivity index (χ2n) is 6.48. The van der Waals surface area contributed by atoms with E-state index in [0.717, 1.165) is 18.4 Å². The van der Waals surface area contributed by atoms with Crippen molar-refractivity contribution >= 4 is 6.03 Å². The molecule has 8 heteroatoms. The Bertz CT molecular complexity index is 764. The maximum atomic E-state index is 12.4. The van der Waals surface area contributed by atoms with Crippen molar-refractivity contribution in [3.05, 3.63) is 42.4 Å². The molecule has 2 aromatic rings. The highest BCUT2D eigenvalue weighted by Crippen LogP contribution is 2.30. The minimum Gasteiger partial charge on any atom is -0.493 e. The molecule has 150 valence electrons. The largest absolute Gasteiger partial charge is 0.493 e. The van der Waals surface area contributed by atoms with Crippen LogP contribution in [-0.2, 0) is 6.42 Å². The van der Waals surface area contributed by atoms with Gasteiger partial charge in [0, 0.05) is 44.9 Å². The first kappa shape index (κ1) is 19.7. The van der Waals surface area contributed by atoms with Gasteiger partial charge in [0.1, 0.15) is 6.10 Å². The summed E-state index contributed by atoms with van der Waals surface area (Å²) in [5.74, 6) is 1.93. The van der Waals surface area contributed by atoms with E-state index in [-0.39, 0.29) is 12.1 Å². The van der Waals surface area contributed by atoms with Gasteiger partial charge in [-0.3, -0.25) is 4.98 Å². The van der Waals surface area contributed by atoms with Gasteiger partial charge in [-0.05, 0) is 18.1 Å². The van der Waals surface area contributed by atoms with Crippen LogP contribution >= 0.6 is 0 Å². The van der Waals surface area contributed by atoms with Crippen LogP contribution in [0, 0.1) is 0 Å². The minimum atomic E-state index is -0.0557. The normalized spacial score (nSPS) is 14.4. The number of carbonyl (C=O) groups is 1. The van der Waals surface area contributed by atoms with E-state index in [9.17, 15) is 4.79 Å². The lowest BCUT2D eigenvalue weighted by atomic mass is 10.1. The predicted octanol–water partition coefficient (Wildman–Crippen LogP) is 2.29. The summed E-state index contributed by atoms with van der Waals surface area (Å²) >= 11 is 0. The highest BCUT2D eigenvalue weighted by molar-refractivity contribution is 5.74. The Morgan fingerprint density at radius 2 is 2.04 bits per heavy atom. The number of hydrogen-bond acceptors (Lipinski definition) is 6. The second kappa shape index (κ2) is 9.77. The Balaban J connectivity index is 1.43. The molecule has 0 radical (unpaired) electrons. The number of methoxy groups -OCH3 is 2. The van der Waals surface area contributed by atoms with E-state index < -0.39 is 0 Å². The molecule has 0 atom stereocenters. The Morgan fingerprint density at radius 3 is 2.71 bits per heavy atom. The van der Waals surface area contributed by atoms with Crippen molar-refractivity contribution in [2.45, 2.75) is 25.4 Å². The van der Waals surface area contributed by atoms with Crippen LogP contribution in [0.3, 0.4) is 0 Å². The highest BCUT2D eigenvalue weighted by atomic mass is 16.5. The smallest absolute Gasteiger partial charge is 0.317 e. The van der Waals surface area contributed by atoms with Crippen molar-refractivity contribution in [1.82, 2.24) is 20.2 Å². The molecule has 2 amide bonds. The number of hydrogen-bond donors (Lipinski definition) is 1. The Morgan fingerprint density at radius 1 is 1.21 bits per heavy atom. The van der Waals surface area contributed by atoms with Gasteiger partial charge in [-0.25, -0.2) is 9.78 Å². The van der Waals surface area contributed by atoms with E-state index in [1.54, 1.807) is 32.8 Å². The van der Waals surface area contributed by atoms with Crippen LogP contribution < -0.4 is 19.5 Å². The van der Waals surface area contributed by atoms with Crippen molar-refractivity contribution in [1.29, 1.82) is 0 Å². The van der Waals surface area contributed by atoms with Crippen LogP contribution in [0.15, 0.2) is 36.8 Å². The van der Waals surface area contributed by atoms with Gasteiger partial charge in [0.15, 0.2) is 11.5 Å². The first-order chi connectivity index (χ1) is 13.7. The van der Waals surface area contributed by atoms with Crippen molar-refractivity contribution in [2.75, 3.05) is 33.9 Å². The summed E-state index contributed by atoms with van der Waals surface area (Å²) in [7, 11) is 3.23. The summed E-state index contributed by atoms with van der Waals surface area (Å²) in [4.78, 5) is 22.4. The van der Waals surface area contributed by atoms with Crippen LogP contribution in [0.25, 0.3) is 0 Å². The number of rotatable bonds is 7. The van der Waals surface area contributed by atoms with E-state index in [2.05, 4.69) is 15.3 Å². The number of carbonyl (C=O) groups excluding carboxylic acids is 1. The van der Waals surface area contributed by atoms with Crippen LogP contribution in [0.2, 0.25) is 0 Å². The van der Waals surface area contributed by atoms with E-state index in [4.69, 9.17) is 14.2 Å². The zero-order valence-electron chi connectivity index (χ0n) is 16.3. The Kier molecular flexibility index (Phi) is 6.89. The molecule has 3 rings (SSSR count). The standard InChI is InChI=1S/C20H26N4O4/c1-26-17-5-3-4-15(19(17)27-2)6-9-23-20(25)24-12-7-16(8-13-24)28-18-14-21-10-11-22-18/h3-5,10-11,14,16H,6-9,12-13H2,1-2H3,(H,23,25). The van der Waals surface area contributed by atoms with Gasteiger partial charge in [-0.1, -0.05) is 12.1 Å². The number of nitrogens with zero attached hydrogens (tertiary/aromatic N) is 3. The molecule has 0 spiro atoms. The number of para-hydroxylation sites is 1. The lowest BCUT2D eigenvalue weighted by Crippen LogP contribution is -2.46. The van der Waals surface area contributed by atoms with Crippen molar-refractivity contribution < 1.29 is 19.0 Å². The average molecular weight is 386 g/mol. The third kappa shape index (κ3) is 5.03. The van der Waals surface area contributed by atoms with Gasteiger partial charge in [0.25, 0.3) is 0 Å². The third-order valence-corrected chi connectivity index (χ3v) is 4.71. The van der Waals surface area contributed by atoms with E-state index in [1.165, 1.54) is 0 Å². The van der Waals surface area contributed by atoms with Gasteiger partial charge in [-0.2, -0.15) is 0 Å². The molecular weight excluding hydrogens is 360 g/mol. The van der Waals surface area contributed by atoms with Gasteiger partial charge in [0.2, 0.25) is 5.88 Å². The Hall–Kier alpha value is -3.03. The summed E-state index contributed by atoms with van der Waals surface area (Å²) in [6.07, 6.45) is 7.09. The fraction of sp³-hybridized carbons (Fsp3) is 0.450. The Labute approximate surface area is 164 Å². The molecular formula is C20H26N4O4. The average Bonchev–Trinajstić information content (AvgIpc) is 2.74. The first-order valence-corrected chi connectivity index (χ1v) is 9.36. The number of aromatic nitrogens is 2. The van der Waals surface area contributed by atoms with E-state index in [1.807, 2.05) is 23.1 Å². The molecule has 1 aromatic carbocycles. The van der Waals surface area contributed by atoms with Crippen molar-refractivity contribution in [3.8, 4) is 17.4 Å². The third-order valence-electron chi connectivity index (χ3n) is 4.71. The molecule has 0 aliphatic carbocycles. The van der Waals surface area contributed by atoms with Gasteiger partial charge < -0.3 is 24.4 Å². The number of benzene rings is 1. The molecule has 1 fully saturated rings. The van der Waals surface area contributed by atoms with Crippen molar-refractivity contribution in [3.63, 3.8) is 0 Å². The molecule has 0 saturated carbocycles. The quantitative estimate of drug-likeness (QED) is 0.786. The monoisotopic (exact) mass is 386 g/mol. The van der Waals surface area contributed by atoms with Crippen LogP contribution in [0.4, 0.5) is 4.79 Å². The molecule has 1 aromatic heterocycles. The maximum Gasteiger partial charge on any atom is 0.317 e. The zero-order chi connectivity index (χ0) is 19.8. The van der Waals surface area contributed by atoms with E-state index >= 15 is 0 Å². The number of ether oxygens (including phenoxy) is 3. The SMILES string of the molecule is COc1cccc(CCNC(=O)N2CCC(Oc3cnccn3)CC2)c1OC. The van der Waals surface area contributed by atoms with Gasteiger partial charge >= 0.3 is 6.03 Å². The van der Waals surface area contributed by atoms with Crippen LogP contribution in [0.1, 0.15) is 18.4 Å². The number of nitrogens with one attached hydrogen (secondary N) is 1. The molecule has 0 unspecified atom stereocenters. The summed E-state index contributed by atoms with van der Waals surface area (Å²) in [5, 5.41) is 2.98. The molecule has 1 aliphatic rings. The maximum absolute atomic E-state index is 12.4. The summed E-state index contributed by atoms with van der Waals surface area (Å²) < 4.78 is 16.6. The van der Waals surface area contributed by atoms with Gasteiger partial charge in [0.05, 0.1) is 20.4 Å². The lowest BCUT2D eigenvalue weighted by molar-refractivity contribution is 0.107. The van der Waals surface area contributed by atoms with Crippen LogP contribution in [0.5, 0.6) is 17.4 Å². The van der Waals surface area contributed by atoms with Gasteiger partial charge in [-0.15, -0.1) is 0 Å². The fourth-order valence-electron chi connectivity index (χ4n) is 3.26. The first-order valence-electron chi connectivity index (χ1n) is 9.36. The fourth-order valence-corrected chi connectivity index (χ4v) is 3.26. The molecule has 2 heterocycles. The molecule has 1 aliphatic heterocycles. The topological polar surface area (TPSA) is 85.8 Å². The number of piperidine rings is 1. The molecule has 28 heavy (non-hydrogen) atoms. The molecule has 8 nitrogen and oxygen atoms in total. The lowest BCUT2D eigenvalue weighted by Gasteiger charge is -2.31. The van der Waals surface area contributed by atoms with Crippen LogP contribution in [-0.4, -0.2) is 60.9 Å². The van der Waals surface area contributed by atoms with Crippen molar-refractivity contribution in [2.24, 2.45) is 0 Å². The number of urea groups is 1. The summed E-state index contributed by atoms with van der Waals surface area (Å²) in [5.41, 5.74) is 0.998. The number of amides is 2. The second-order valence-corrected chi connectivity index (χ2v) is 6.48.